The molecule has 3 heterocycles. The zero-order valence-corrected chi connectivity index (χ0v) is 23.0. The predicted molar refractivity (Wildman–Crippen MR) is 149 cm³/mol. The van der Waals surface area contributed by atoms with Crippen molar-refractivity contribution in [1.82, 2.24) is 14.3 Å². The number of ether oxygens (including phenoxy) is 1. The Labute approximate surface area is 227 Å². The molecule has 0 aliphatic carbocycles. The van der Waals surface area contributed by atoms with Crippen molar-refractivity contribution in [3.05, 3.63) is 78.1 Å². The maximum atomic E-state index is 13.8. The quantitative estimate of drug-likeness (QED) is 0.288. The highest BCUT2D eigenvalue weighted by molar-refractivity contribution is 7.89. The summed E-state index contributed by atoms with van der Waals surface area (Å²) < 4.78 is 34.6. The molecule has 1 saturated heterocycles. The summed E-state index contributed by atoms with van der Waals surface area (Å²) >= 11 is 1.40. The molecule has 0 saturated carbocycles. The van der Waals surface area contributed by atoms with Gasteiger partial charge in [-0.1, -0.05) is 23.8 Å². The first-order valence-electron chi connectivity index (χ1n) is 12.7. The summed E-state index contributed by atoms with van der Waals surface area (Å²) in [6.45, 7) is 5.18. The zero-order valence-electron chi connectivity index (χ0n) is 21.4. The number of nitrogens with zero attached hydrogens (tertiary/aromatic N) is 4. The number of piperidine rings is 1. The molecule has 198 valence electrons. The lowest BCUT2D eigenvalue weighted by Crippen LogP contribution is -2.41. The van der Waals surface area contributed by atoms with E-state index < -0.39 is 10.0 Å². The minimum Gasteiger partial charge on any atom is -0.494 e. The van der Waals surface area contributed by atoms with Gasteiger partial charge in [0, 0.05) is 24.3 Å². The number of pyridine rings is 1. The summed E-state index contributed by atoms with van der Waals surface area (Å²) in [5, 5.41) is 0.531. The smallest absolute Gasteiger partial charge is 0.260 e. The molecular formula is C28H30N4O4S2. The molecule has 1 aliphatic rings. The first kappa shape index (κ1) is 26.3. The van der Waals surface area contributed by atoms with Crippen LogP contribution in [-0.2, 0) is 16.6 Å². The molecule has 0 bridgehead atoms. The van der Waals surface area contributed by atoms with Crippen LogP contribution < -0.4 is 9.64 Å². The Morgan fingerprint density at radius 3 is 2.66 bits per heavy atom. The van der Waals surface area contributed by atoms with Crippen molar-refractivity contribution in [3.63, 3.8) is 0 Å². The third-order valence-corrected chi connectivity index (χ3v) is 9.70. The molecule has 2 aromatic carbocycles. The lowest BCUT2D eigenvalue weighted by molar-refractivity contribution is 0.0984. The van der Waals surface area contributed by atoms with Crippen LogP contribution in [0.1, 0.15) is 49.2 Å². The summed E-state index contributed by atoms with van der Waals surface area (Å²) in [6.07, 6.45) is 4.43. The number of rotatable bonds is 8. The second-order valence-electron chi connectivity index (χ2n) is 9.26. The Morgan fingerprint density at radius 1 is 1.13 bits per heavy atom. The second kappa shape index (κ2) is 11.2. The van der Waals surface area contributed by atoms with E-state index in [0.29, 0.717) is 29.5 Å². The van der Waals surface area contributed by atoms with Crippen molar-refractivity contribution < 1.29 is 17.9 Å². The molecule has 0 spiro atoms. The number of amides is 1. The highest BCUT2D eigenvalue weighted by Gasteiger charge is 2.31. The minimum absolute atomic E-state index is 0.0359. The van der Waals surface area contributed by atoms with Gasteiger partial charge in [0.05, 0.1) is 34.0 Å². The monoisotopic (exact) mass is 550 g/mol. The average molecular weight is 551 g/mol. The summed E-state index contributed by atoms with van der Waals surface area (Å²) in [5.74, 6) is 0.465. The zero-order chi connectivity index (χ0) is 26.7. The maximum Gasteiger partial charge on any atom is 0.260 e. The van der Waals surface area contributed by atoms with Gasteiger partial charge in [0.2, 0.25) is 10.0 Å². The van der Waals surface area contributed by atoms with Gasteiger partial charge in [0.25, 0.3) is 5.91 Å². The molecule has 0 radical (unpaired) electrons. The Balaban J connectivity index is 1.46. The highest BCUT2D eigenvalue weighted by Crippen LogP contribution is 2.33. The van der Waals surface area contributed by atoms with E-state index >= 15 is 0 Å². The van der Waals surface area contributed by atoms with Gasteiger partial charge in [0.1, 0.15) is 5.75 Å². The number of thiazole rings is 1. The Kier molecular flexibility index (Phi) is 7.73. The highest BCUT2D eigenvalue weighted by atomic mass is 32.2. The van der Waals surface area contributed by atoms with Crippen molar-refractivity contribution in [2.45, 2.75) is 50.6 Å². The number of sulfonamides is 1. The normalized spacial score (nSPS) is 16.4. The third-order valence-electron chi connectivity index (χ3n) is 6.63. The van der Waals surface area contributed by atoms with Crippen LogP contribution in [0.2, 0.25) is 0 Å². The minimum atomic E-state index is -3.62. The molecule has 1 atom stereocenters. The number of hydrogen-bond acceptors (Lipinski definition) is 7. The third kappa shape index (κ3) is 5.43. The number of fused-ring (bicyclic) bond motifs is 1. The summed E-state index contributed by atoms with van der Waals surface area (Å²) in [6, 6.07) is 17.4. The lowest BCUT2D eigenvalue weighted by atomic mass is 10.1. The number of carbonyl (C=O) groups excluding carboxylic acids is 1. The Morgan fingerprint density at radius 2 is 1.95 bits per heavy atom. The molecule has 10 heteroatoms. The number of anilines is 1. The van der Waals surface area contributed by atoms with Crippen LogP contribution in [0.3, 0.4) is 0 Å². The fraction of sp³-hybridized carbons (Fsp3) is 0.321. The first-order chi connectivity index (χ1) is 18.4. The van der Waals surface area contributed by atoms with Gasteiger partial charge < -0.3 is 4.74 Å². The topological polar surface area (TPSA) is 92.7 Å². The van der Waals surface area contributed by atoms with Gasteiger partial charge in [-0.15, -0.1) is 0 Å². The molecule has 0 N–H and O–H groups in total. The lowest BCUT2D eigenvalue weighted by Gasteiger charge is -2.32. The van der Waals surface area contributed by atoms with E-state index in [4.69, 9.17) is 9.72 Å². The van der Waals surface area contributed by atoms with Crippen LogP contribution in [-0.4, -0.2) is 47.8 Å². The Hall–Kier alpha value is -3.34. The summed E-state index contributed by atoms with van der Waals surface area (Å²) in [5.41, 5.74) is 1.86. The van der Waals surface area contributed by atoms with E-state index in [2.05, 4.69) is 4.98 Å². The van der Waals surface area contributed by atoms with Gasteiger partial charge >= 0.3 is 0 Å². The largest absolute Gasteiger partial charge is 0.494 e. The van der Waals surface area contributed by atoms with Crippen LogP contribution in [0, 0.1) is 0 Å². The number of hydrogen-bond donors (Lipinski definition) is 0. The van der Waals surface area contributed by atoms with E-state index in [0.717, 1.165) is 35.2 Å². The molecule has 2 aromatic heterocycles. The van der Waals surface area contributed by atoms with Crippen LogP contribution in [0.15, 0.2) is 71.8 Å². The van der Waals surface area contributed by atoms with Gasteiger partial charge in [-0.2, -0.15) is 4.31 Å². The summed E-state index contributed by atoms with van der Waals surface area (Å²) in [7, 11) is -3.62. The molecule has 1 amide bonds. The second-order valence-corrected chi connectivity index (χ2v) is 12.2. The fourth-order valence-electron chi connectivity index (χ4n) is 4.63. The average Bonchev–Trinajstić information content (AvgIpc) is 3.35. The number of aromatic nitrogens is 2. The van der Waals surface area contributed by atoms with Gasteiger partial charge in [-0.25, -0.2) is 13.4 Å². The predicted octanol–water partition coefficient (Wildman–Crippen LogP) is 5.50. The molecule has 5 rings (SSSR count). The molecule has 38 heavy (non-hydrogen) atoms. The van der Waals surface area contributed by atoms with Crippen LogP contribution >= 0.6 is 11.3 Å². The van der Waals surface area contributed by atoms with E-state index in [9.17, 15) is 13.2 Å². The standard InChI is InChI=1S/C28H30N4O4S2/c1-3-36-23-12-15-25-26(18-23)37-28(30-25)31(19-22-9-4-6-16-29-22)27(33)21-10-13-24(14-11-21)38(34,35)32-17-7-5-8-20(32)2/h4,6,9-16,18,20H,3,5,7-8,17,19H2,1-2H3. The SMILES string of the molecule is CCOc1ccc2nc(N(Cc3ccccn3)C(=O)c3ccc(S(=O)(=O)N4CCCCC4C)cc3)sc2c1. The van der Waals surface area contributed by atoms with E-state index in [1.807, 2.05) is 50.2 Å². The van der Waals surface area contributed by atoms with E-state index in [1.54, 1.807) is 27.5 Å². The summed E-state index contributed by atoms with van der Waals surface area (Å²) in [4.78, 5) is 24.7. The van der Waals surface area contributed by atoms with Crippen LogP contribution in [0.5, 0.6) is 5.75 Å². The molecule has 1 unspecified atom stereocenters. The van der Waals surface area contributed by atoms with Gasteiger partial charge in [0.15, 0.2) is 5.13 Å². The van der Waals surface area contributed by atoms with Gasteiger partial charge in [-0.3, -0.25) is 14.7 Å². The van der Waals surface area contributed by atoms with Crippen molar-refractivity contribution in [2.24, 2.45) is 0 Å². The first-order valence-corrected chi connectivity index (χ1v) is 15.0. The number of benzene rings is 2. The molecule has 4 aromatic rings. The van der Waals surface area contributed by atoms with Crippen molar-refractivity contribution in [2.75, 3.05) is 18.1 Å². The maximum absolute atomic E-state index is 13.8. The van der Waals surface area contributed by atoms with Crippen LogP contribution in [0.25, 0.3) is 10.2 Å². The molecule has 1 fully saturated rings. The van der Waals surface area contributed by atoms with E-state index in [1.165, 1.54) is 23.5 Å². The van der Waals surface area contributed by atoms with Crippen molar-refractivity contribution in [1.29, 1.82) is 0 Å². The fourth-order valence-corrected chi connectivity index (χ4v) is 7.33. The van der Waals surface area contributed by atoms with Crippen LogP contribution in [0.4, 0.5) is 5.13 Å². The Bertz CT molecular complexity index is 1520. The number of carbonyl (C=O) groups is 1. The molecular weight excluding hydrogens is 520 g/mol. The molecule has 8 nitrogen and oxygen atoms in total. The van der Waals surface area contributed by atoms with E-state index in [-0.39, 0.29) is 23.4 Å². The van der Waals surface area contributed by atoms with Gasteiger partial charge in [-0.05, 0) is 81.3 Å². The molecule has 1 aliphatic heterocycles. The van der Waals surface area contributed by atoms with Crippen molar-refractivity contribution in [3.8, 4) is 5.75 Å². The van der Waals surface area contributed by atoms with Crippen molar-refractivity contribution >= 4 is 42.6 Å².